The number of halogens is 1. The van der Waals surface area contributed by atoms with Gasteiger partial charge in [0.05, 0.1) is 18.8 Å². The lowest BCUT2D eigenvalue weighted by Gasteiger charge is -2.32. The van der Waals surface area contributed by atoms with Gasteiger partial charge in [-0.15, -0.1) is 11.3 Å². The van der Waals surface area contributed by atoms with Crippen molar-refractivity contribution >= 4 is 29.0 Å². The Morgan fingerprint density at radius 3 is 2.46 bits per heavy atom. The number of amides is 3. The van der Waals surface area contributed by atoms with Crippen LogP contribution in [0.5, 0.6) is 11.5 Å². The number of anilines is 1. The normalized spacial score (nSPS) is 17.3. The summed E-state index contributed by atoms with van der Waals surface area (Å²) in [5, 5.41) is 11.0. The molecule has 0 radical (unpaired) electrons. The first-order valence-corrected chi connectivity index (χ1v) is 12.2. The second kappa shape index (κ2) is 11.7. The quantitative estimate of drug-likeness (QED) is 0.417. The molecule has 4 rings (SSSR count). The molecular weight excluding hydrogens is 471 g/mol. The molecule has 1 heterocycles. The maximum Gasteiger partial charge on any atom is 0.319 e. The third-order valence-corrected chi connectivity index (χ3v) is 6.55. The number of aromatic nitrogens is 1. The van der Waals surface area contributed by atoms with Gasteiger partial charge in [0.2, 0.25) is 0 Å². The molecule has 3 aromatic rings. The van der Waals surface area contributed by atoms with E-state index in [9.17, 15) is 14.0 Å². The summed E-state index contributed by atoms with van der Waals surface area (Å²) >= 11 is 1.27. The summed E-state index contributed by atoms with van der Waals surface area (Å²) in [5.41, 5.74) is 0.835. The smallest absolute Gasteiger partial charge is 0.319 e. The molecule has 1 fully saturated rings. The van der Waals surface area contributed by atoms with E-state index in [0.717, 1.165) is 25.7 Å². The Morgan fingerprint density at radius 2 is 1.71 bits per heavy atom. The lowest BCUT2D eigenvalue weighted by Crippen LogP contribution is -2.54. The minimum atomic E-state index is -0.451. The molecule has 2 aromatic carbocycles. The summed E-state index contributed by atoms with van der Waals surface area (Å²) in [7, 11) is 1.54. The van der Waals surface area contributed by atoms with Gasteiger partial charge in [-0.2, -0.15) is 0 Å². The Hall–Kier alpha value is -3.66. The largest absolute Gasteiger partial charge is 0.495 e. The standard InChI is InChI=1S/C25H27FN4O4S/c1-33-22-13-7-5-11-19(22)30-25(32)29-18-10-4-3-9-17(18)28-24(31)20-15-35-23(27-20)14-34-21-12-6-2-8-16(21)26/h2,5-8,11-13,15,17-18H,3-4,9-10,14H2,1H3,(H,28,31)(H2,29,30,32)/t17-,18+/m0/s1. The van der Waals surface area contributed by atoms with Crippen LogP contribution >= 0.6 is 11.3 Å². The molecule has 10 heteroatoms. The average molecular weight is 499 g/mol. The van der Waals surface area contributed by atoms with Crippen molar-refractivity contribution in [2.75, 3.05) is 12.4 Å². The maximum atomic E-state index is 13.7. The first kappa shape index (κ1) is 24.5. The molecule has 0 spiro atoms. The van der Waals surface area contributed by atoms with E-state index in [1.165, 1.54) is 23.5 Å². The second-order valence-electron chi connectivity index (χ2n) is 8.12. The van der Waals surface area contributed by atoms with Gasteiger partial charge in [-0.1, -0.05) is 37.1 Å². The second-order valence-corrected chi connectivity index (χ2v) is 9.06. The highest BCUT2D eigenvalue weighted by molar-refractivity contribution is 7.09. The Morgan fingerprint density at radius 1 is 1.03 bits per heavy atom. The number of ether oxygens (including phenoxy) is 2. The Bertz CT molecular complexity index is 1170. The van der Waals surface area contributed by atoms with Gasteiger partial charge in [0, 0.05) is 11.4 Å². The summed E-state index contributed by atoms with van der Waals surface area (Å²) in [6.07, 6.45) is 3.41. The van der Waals surface area contributed by atoms with Crippen molar-refractivity contribution in [3.8, 4) is 11.5 Å². The van der Waals surface area contributed by atoms with Gasteiger partial charge >= 0.3 is 6.03 Å². The summed E-state index contributed by atoms with van der Waals surface area (Å²) in [6.45, 7) is 0.0651. The Labute approximate surface area is 206 Å². The summed E-state index contributed by atoms with van der Waals surface area (Å²) < 4.78 is 24.5. The van der Waals surface area contributed by atoms with Gasteiger partial charge in [0.25, 0.3) is 5.91 Å². The van der Waals surface area contributed by atoms with Crippen LogP contribution in [0.4, 0.5) is 14.9 Å². The molecule has 1 aromatic heterocycles. The van der Waals surface area contributed by atoms with E-state index < -0.39 is 5.82 Å². The fraction of sp³-hybridized carbons (Fsp3) is 0.320. The minimum Gasteiger partial charge on any atom is -0.495 e. The van der Waals surface area contributed by atoms with Crippen LogP contribution in [0.1, 0.15) is 41.2 Å². The van der Waals surface area contributed by atoms with Crippen LogP contribution in [0.2, 0.25) is 0 Å². The first-order valence-electron chi connectivity index (χ1n) is 11.4. The molecule has 8 nitrogen and oxygen atoms in total. The Balaban J connectivity index is 1.33. The average Bonchev–Trinajstić information content (AvgIpc) is 3.34. The van der Waals surface area contributed by atoms with Crippen LogP contribution in [0.15, 0.2) is 53.9 Å². The maximum absolute atomic E-state index is 13.7. The lowest BCUT2D eigenvalue weighted by molar-refractivity contribution is 0.0911. The monoisotopic (exact) mass is 498 g/mol. The molecule has 1 aliphatic rings. The first-order chi connectivity index (χ1) is 17.0. The van der Waals surface area contributed by atoms with Crippen molar-refractivity contribution in [1.82, 2.24) is 15.6 Å². The van der Waals surface area contributed by atoms with Crippen LogP contribution in [0, 0.1) is 5.82 Å². The number of nitrogens with one attached hydrogen (secondary N) is 3. The number of urea groups is 1. The van der Waals surface area contributed by atoms with E-state index in [1.54, 1.807) is 36.8 Å². The number of hydrogen-bond donors (Lipinski definition) is 3. The fourth-order valence-electron chi connectivity index (χ4n) is 3.98. The van der Waals surface area contributed by atoms with Crippen molar-refractivity contribution in [1.29, 1.82) is 0 Å². The van der Waals surface area contributed by atoms with Gasteiger partial charge in [-0.3, -0.25) is 4.79 Å². The molecule has 0 saturated heterocycles. The topological polar surface area (TPSA) is 102 Å². The van der Waals surface area contributed by atoms with Gasteiger partial charge in [0.15, 0.2) is 11.6 Å². The Kier molecular flexibility index (Phi) is 8.15. The highest BCUT2D eigenvalue weighted by atomic mass is 32.1. The number of benzene rings is 2. The zero-order valence-electron chi connectivity index (χ0n) is 19.3. The van der Waals surface area contributed by atoms with Gasteiger partial charge in [0.1, 0.15) is 23.1 Å². The third kappa shape index (κ3) is 6.48. The molecule has 184 valence electrons. The minimum absolute atomic E-state index is 0.0651. The molecule has 0 unspecified atom stereocenters. The van der Waals surface area contributed by atoms with Crippen molar-refractivity contribution in [3.63, 3.8) is 0 Å². The van der Waals surface area contributed by atoms with Crippen molar-refractivity contribution in [2.24, 2.45) is 0 Å². The van der Waals surface area contributed by atoms with E-state index in [2.05, 4.69) is 20.9 Å². The number of carbonyl (C=O) groups is 2. The van der Waals surface area contributed by atoms with E-state index in [-0.39, 0.29) is 42.1 Å². The van der Waals surface area contributed by atoms with E-state index >= 15 is 0 Å². The number of hydrogen-bond acceptors (Lipinski definition) is 6. The zero-order chi connectivity index (χ0) is 24.6. The zero-order valence-corrected chi connectivity index (χ0v) is 20.1. The van der Waals surface area contributed by atoms with E-state index in [0.29, 0.717) is 16.4 Å². The fourth-order valence-corrected chi connectivity index (χ4v) is 4.66. The van der Waals surface area contributed by atoms with Crippen LogP contribution < -0.4 is 25.4 Å². The van der Waals surface area contributed by atoms with Crippen molar-refractivity contribution in [2.45, 2.75) is 44.4 Å². The number of methoxy groups -OCH3 is 1. The van der Waals surface area contributed by atoms with E-state index in [4.69, 9.17) is 9.47 Å². The predicted molar refractivity (Wildman–Crippen MR) is 132 cm³/mol. The van der Waals surface area contributed by atoms with Crippen molar-refractivity contribution < 1.29 is 23.5 Å². The van der Waals surface area contributed by atoms with Crippen LogP contribution in [0.3, 0.4) is 0 Å². The molecule has 35 heavy (non-hydrogen) atoms. The summed E-state index contributed by atoms with van der Waals surface area (Å²) in [6, 6.07) is 12.5. The number of rotatable bonds is 8. The molecule has 1 aliphatic carbocycles. The highest BCUT2D eigenvalue weighted by Crippen LogP contribution is 2.24. The summed E-state index contributed by atoms with van der Waals surface area (Å²) in [5.74, 6) is -0.0690. The SMILES string of the molecule is COc1ccccc1NC(=O)N[C@@H]1CCCC[C@@H]1NC(=O)c1csc(COc2ccccc2F)n1. The number of carbonyl (C=O) groups excluding carboxylic acids is 2. The molecule has 1 saturated carbocycles. The number of thiazole rings is 1. The van der Waals surface area contributed by atoms with Gasteiger partial charge in [-0.25, -0.2) is 14.2 Å². The predicted octanol–water partition coefficient (Wildman–Crippen LogP) is 4.73. The molecule has 2 atom stereocenters. The molecule has 0 aliphatic heterocycles. The van der Waals surface area contributed by atoms with Crippen LogP contribution in [0.25, 0.3) is 0 Å². The number of nitrogens with zero attached hydrogens (tertiary/aromatic N) is 1. The number of para-hydroxylation sites is 3. The molecule has 0 bridgehead atoms. The van der Waals surface area contributed by atoms with Crippen molar-refractivity contribution in [3.05, 3.63) is 70.4 Å². The van der Waals surface area contributed by atoms with Crippen LogP contribution in [-0.4, -0.2) is 36.1 Å². The van der Waals surface area contributed by atoms with E-state index in [1.807, 2.05) is 12.1 Å². The lowest BCUT2D eigenvalue weighted by atomic mass is 9.90. The molecule has 3 N–H and O–H groups in total. The molecular formula is C25H27FN4O4S. The van der Waals surface area contributed by atoms with Crippen LogP contribution in [-0.2, 0) is 6.61 Å². The van der Waals surface area contributed by atoms with Gasteiger partial charge in [-0.05, 0) is 37.1 Å². The van der Waals surface area contributed by atoms with Gasteiger partial charge < -0.3 is 25.4 Å². The third-order valence-electron chi connectivity index (χ3n) is 5.73. The molecule has 3 amide bonds. The highest BCUT2D eigenvalue weighted by Gasteiger charge is 2.29. The summed E-state index contributed by atoms with van der Waals surface area (Å²) in [4.78, 5) is 29.8.